The number of hydrogen-bond acceptors (Lipinski definition) is 3. The van der Waals surface area contributed by atoms with E-state index < -0.39 is 5.60 Å². The zero-order valence-electron chi connectivity index (χ0n) is 18.3. The van der Waals surface area contributed by atoms with Crippen molar-refractivity contribution < 1.29 is 9.50 Å². The molecule has 0 aliphatic heterocycles. The highest BCUT2D eigenvalue weighted by Gasteiger charge is 2.34. The Morgan fingerprint density at radius 1 is 1.30 bits per heavy atom. The van der Waals surface area contributed by atoms with Crippen LogP contribution in [0.2, 0.25) is 0 Å². The number of aliphatic hydroxyl groups is 1. The molecule has 2 aromatic rings. The van der Waals surface area contributed by atoms with Crippen molar-refractivity contribution in [3.05, 3.63) is 53.6 Å². The molecule has 30 heavy (non-hydrogen) atoms. The van der Waals surface area contributed by atoms with Crippen LogP contribution in [0.5, 0.6) is 0 Å². The summed E-state index contributed by atoms with van der Waals surface area (Å²) in [5.74, 6) is 0.466. The predicted octanol–water partition coefficient (Wildman–Crippen LogP) is 3.22. The normalized spacial score (nSPS) is 18.6. The van der Waals surface area contributed by atoms with Gasteiger partial charge in [0.1, 0.15) is 11.4 Å². The van der Waals surface area contributed by atoms with E-state index in [-0.39, 0.29) is 17.8 Å². The number of nitrogens with zero attached hydrogens (tertiary/aromatic N) is 3. The van der Waals surface area contributed by atoms with Crippen LogP contribution < -0.4 is 10.6 Å². The largest absolute Gasteiger partial charge is 0.383 e. The number of aliphatic imine (C=N–C) groups is 1. The first-order valence-electron chi connectivity index (χ1n) is 10.8. The second-order valence-corrected chi connectivity index (χ2v) is 8.58. The average molecular weight is 416 g/mol. The van der Waals surface area contributed by atoms with Gasteiger partial charge in [-0.25, -0.2) is 9.38 Å². The van der Waals surface area contributed by atoms with E-state index in [0.29, 0.717) is 19.0 Å². The van der Waals surface area contributed by atoms with Crippen LogP contribution in [-0.4, -0.2) is 40.5 Å². The summed E-state index contributed by atoms with van der Waals surface area (Å²) in [6.45, 7) is 5.36. The summed E-state index contributed by atoms with van der Waals surface area (Å²) in [6, 6.07) is 7.00. The molecule has 7 heteroatoms. The molecular weight excluding hydrogens is 381 g/mol. The molecule has 1 aromatic carbocycles. The van der Waals surface area contributed by atoms with Crippen LogP contribution in [0.4, 0.5) is 4.39 Å². The Morgan fingerprint density at radius 2 is 2.07 bits per heavy atom. The lowest BCUT2D eigenvalue weighted by atomic mass is 9.69. The molecule has 1 aliphatic rings. The van der Waals surface area contributed by atoms with E-state index in [1.807, 2.05) is 20.0 Å². The summed E-state index contributed by atoms with van der Waals surface area (Å²) in [6.07, 6.45) is 9.02. The number of aryl methyl sites for hydroxylation is 1. The monoisotopic (exact) mass is 415 g/mol. The lowest BCUT2D eigenvalue weighted by Crippen LogP contribution is -2.47. The van der Waals surface area contributed by atoms with Crippen LogP contribution in [0, 0.1) is 5.82 Å². The predicted molar refractivity (Wildman–Crippen MR) is 118 cm³/mol. The summed E-state index contributed by atoms with van der Waals surface area (Å²) >= 11 is 0. The number of nitrogens with one attached hydrogen (secondary N) is 2. The standard InChI is InChI=1S/C23H34FN5O/c1-4-25-21(26-16-22(2,30)19-14-28-29(3)15-19)27-17-23(11-6-5-7-12-23)18-9-8-10-20(24)13-18/h8-10,13-15,30H,4-7,11-12,16-17H2,1-3H3,(H2,25,26,27). The first-order valence-corrected chi connectivity index (χ1v) is 10.8. The minimum Gasteiger partial charge on any atom is -0.383 e. The minimum atomic E-state index is -1.11. The van der Waals surface area contributed by atoms with E-state index in [1.54, 1.807) is 36.1 Å². The number of hydrogen-bond donors (Lipinski definition) is 3. The summed E-state index contributed by atoms with van der Waals surface area (Å²) in [5.41, 5.74) is 0.561. The Morgan fingerprint density at radius 3 is 2.70 bits per heavy atom. The Kier molecular flexibility index (Phi) is 7.13. The molecule has 1 fully saturated rings. The third-order valence-electron chi connectivity index (χ3n) is 6.06. The van der Waals surface area contributed by atoms with Crippen molar-refractivity contribution >= 4 is 5.96 Å². The van der Waals surface area contributed by atoms with Gasteiger partial charge in [-0.3, -0.25) is 4.68 Å². The van der Waals surface area contributed by atoms with Crippen LogP contribution in [0.1, 0.15) is 57.1 Å². The second-order valence-electron chi connectivity index (χ2n) is 8.58. The van der Waals surface area contributed by atoms with Crippen molar-refractivity contribution in [2.24, 2.45) is 12.0 Å². The molecule has 1 aliphatic carbocycles. The number of aromatic nitrogens is 2. The van der Waals surface area contributed by atoms with Crippen molar-refractivity contribution in [2.75, 3.05) is 19.6 Å². The lowest BCUT2D eigenvalue weighted by molar-refractivity contribution is 0.0671. The molecule has 1 heterocycles. The molecule has 0 saturated heterocycles. The third-order valence-corrected chi connectivity index (χ3v) is 6.06. The number of benzene rings is 1. The average Bonchev–Trinajstić information content (AvgIpc) is 3.18. The van der Waals surface area contributed by atoms with Gasteiger partial charge in [0.15, 0.2) is 5.96 Å². The molecule has 0 radical (unpaired) electrons. The Labute approximate surface area is 178 Å². The highest BCUT2D eigenvalue weighted by Crippen LogP contribution is 2.39. The van der Waals surface area contributed by atoms with Gasteiger partial charge in [-0.15, -0.1) is 0 Å². The SMILES string of the molecule is CCNC(=NCC(C)(O)c1cnn(C)c1)NCC1(c2cccc(F)c2)CCCCC1. The molecule has 3 N–H and O–H groups in total. The molecule has 1 unspecified atom stereocenters. The van der Waals surface area contributed by atoms with Gasteiger partial charge in [0.25, 0.3) is 0 Å². The maximum atomic E-state index is 13.9. The first kappa shape index (κ1) is 22.3. The quantitative estimate of drug-likeness (QED) is 0.480. The minimum absolute atomic E-state index is 0.109. The van der Waals surface area contributed by atoms with E-state index in [1.165, 1.54) is 12.5 Å². The van der Waals surface area contributed by atoms with Crippen LogP contribution in [-0.2, 0) is 18.1 Å². The molecule has 0 spiro atoms. The fourth-order valence-corrected chi connectivity index (χ4v) is 4.23. The highest BCUT2D eigenvalue weighted by atomic mass is 19.1. The number of guanidine groups is 1. The Balaban J connectivity index is 1.75. The molecule has 1 aromatic heterocycles. The van der Waals surface area contributed by atoms with Crippen LogP contribution in [0.3, 0.4) is 0 Å². The summed E-state index contributed by atoms with van der Waals surface area (Å²) in [5, 5.41) is 21.7. The second kappa shape index (κ2) is 9.60. The molecule has 6 nitrogen and oxygen atoms in total. The summed E-state index contributed by atoms with van der Waals surface area (Å²) < 4.78 is 15.6. The van der Waals surface area contributed by atoms with Gasteiger partial charge >= 0.3 is 0 Å². The molecule has 0 bridgehead atoms. The maximum absolute atomic E-state index is 13.9. The van der Waals surface area contributed by atoms with Crippen LogP contribution >= 0.6 is 0 Å². The van der Waals surface area contributed by atoms with Gasteiger partial charge in [0, 0.05) is 37.3 Å². The lowest BCUT2D eigenvalue weighted by Gasteiger charge is -2.38. The zero-order chi connectivity index (χ0) is 21.6. The first-order chi connectivity index (χ1) is 14.3. The molecular formula is C23H34FN5O. The van der Waals surface area contributed by atoms with Crippen molar-refractivity contribution in [2.45, 2.75) is 57.0 Å². The molecule has 0 amide bonds. The van der Waals surface area contributed by atoms with E-state index in [4.69, 9.17) is 0 Å². The van der Waals surface area contributed by atoms with Crippen molar-refractivity contribution in [3.8, 4) is 0 Å². The van der Waals surface area contributed by atoms with Crippen LogP contribution in [0.25, 0.3) is 0 Å². The van der Waals surface area contributed by atoms with E-state index in [0.717, 1.165) is 36.8 Å². The number of halogens is 1. The van der Waals surface area contributed by atoms with Gasteiger partial charge in [-0.05, 0) is 44.4 Å². The van der Waals surface area contributed by atoms with E-state index in [2.05, 4.69) is 20.7 Å². The van der Waals surface area contributed by atoms with Gasteiger partial charge in [-0.1, -0.05) is 31.4 Å². The van der Waals surface area contributed by atoms with Gasteiger partial charge in [0.05, 0.1) is 12.7 Å². The molecule has 3 rings (SSSR count). The fourth-order valence-electron chi connectivity index (χ4n) is 4.23. The van der Waals surface area contributed by atoms with E-state index >= 15 is 0 Å². The number of rotatable bonds is 7. The molecule has 1 atom stereocenters. The molecule has 164 valence electrons. The van der Waals surface area contributed by atoms with Crippen molar-refractivity contribution in [1.29, 1.82) is 0 Å². The highest BCUT2D eigenvalue weighted by molar-refractivity contribution is 5.80. The van der Waals surface area contributed by atoms with Gasteiger partial charge in [-0.2, -0.15) is 5.10 Å². The van der Waals surface area contributed by atoms with E-state index in [9.17, 15) is 9.50 Å². The summed E-state index contributed by atoms with van der Waals surface area (Å²) in [4.78, 5) is 4.63. The fraction of sp³-hybridized carbons (Fsp3) is 0.565. The van der Waals surface area contributed by atoms with Crippen molar-refractivity contribution in [3.63, 3.8) is 0 Å². The van der Waals surface area contributed by atoms with Crippen LogP contribution in [0.15, 0.2) is 41.7 Å². The zero-order valence-corrected chi connectivity index (χ0v) is 18.3. The molecule has 1 saturated carbocycles. The summed E-state index contributed by atoms with van der Waals surface area (Å²) in [7, 11) is 1.82. The smallest absolute Gasteiger partial charge is 0.191 e. The maximum Gasteiger partial charge on any atom is 0.191 e. The van der Waals surface area contributed by atoms with Gasteiger partial charge < -0.3 is 15.7 Å². The topological polar surface area (TPSA) is 74.5 Å². The van der Waals surface area contributed by atoms with Crippen molar-refractivity contribution in [1.82, 2.24) is 20.4 Å². The Bertz CT molecular complexity index is 855. The Hall–Kier alpha value is -2.41. The van der Waals surface area contributed by atoms with Gasteiger partial charge in [0.2, 0.25) is 0 Å². The third kappa shape index (κ3) is 5.39.